The second-order valence-electron chi connectivity index (χ2n) is 5.58. The highest BCUT2D eigenvalue weighted by molar-refractivity contribution is 7.09. The molecule has 0 spiro atoms. The van der Waals surface area contributed by atoms with Crippen LogP contribution in [0.1, 0.15) is 20.9 Å². The predicted molar refractivity (Wildman–Crippen MR) is 97.8 cm³/mol. The summed E-state index contributed by atoms with van der Waals surface area (Å²) >= 11 is 1.65. The summed E-state index contributed by atoms with van der Waals surface area (Å²) in [6, 6.07) is 13.0. The highest BCUT2D eigenvalue weighted by Gasteiger charge is 2.14. The number of nitrogens with zero attached hydrogens (tertiary/aromatic N) is 1. The summed E-state index contributed by atoms with van der Waals surface area (Å²) in [5.74, 6) is -0.824. The maximum Gasteiger partial charge on any atom is 0.339 e. The number of thiophene rings is 1. The molecule has 3 rings (SSSR count). The molecule has 0 aliphatic carbocycles. The predicted octanol–water partition coefficient (Wildman–Crippen LogP) is 3.12. The number of aromatic nitrogens is 1. The van der Waals surface area contributed by atoms with E-state index in [9.17, 15) is 9.59 Å². The van der Waals surface area contributed by atoms with Gasteiger partial charge in [0.15, 0.2) is 6.61 Å². The molecule has 2 aromatic heterocycles. The highest BCUT2D eigenvalue weighted by Crippen LogP contribution is 2.19. The van der Waals surface area contributed by atoms with Crippen molar-refractivity contribution in [2.45, 2.75) is 13.3 Å². The van der Waals surface area contributed by atoms with Crippen molar-refractivity contribution in [3.63, 3.8) is 0 Å². The van der Waals surface area contributed by atoms with E-state index in [0.717, 1.165) is 23.0 Å². The van der Waals surface area contributed by atoms with Crippen molar-refractivity contribution in [2.24, 2.45) is 0 Å². The average Bonchev–Trinajstić information content (AvgIpc) is 3.12. The molecule has 0 atom stereocenters. The molecule has 0 saturated carbocycles. The van der Waals surface area contributed by atoms with Gasteiger partial charge in [-0.15, -0.1) is 11.3 Å². The van der Waals surface area contributed by atoms with Gasteiger partial charge in [0.1, 0.15) is 0 Å². The molecule has 0 aliphatic heterocycles. The standard InChI is InChI=1S/C19H18N2O3S/c1-13-11-16(15-6-2-3-7-17(15)21-13)19(23)24-12-18(22)20-9-8-14-5-4-10-25-14/h2-7,10-11H,8-9,12H2,1H3,(H,20,22). The van der Waals surface area contributed by atoms with Crippen LogP contribution in [0.25, 0.3) is 10.9 Å². The van der Waals surface area contributed by atoms with Gasteiger partial charge in [-0.2, -0.15) is 0 Å². The first kappa shape index (κ1) is 17.1. The minimum absolute atomic E-state index is 0.293. The molecule has 1 amide bonds. The zero-order valence-corrected chi connectivity index (χ0v) is 14.6. The van der Waals surface area contributed by atoms with E-state index >= 15 is 0 Å². The third kappa shape index (κ3) is 4.42. The van der Waals surface area contributed by atoms with Gasteiger partial charge in [-0.25, -0.2) is 4.79 Å². The van der Waals surface area contributed by atoms with Crippen LogP contribution >= 0.6 is 11.3 Å². The number of ether oxygens (including phenoxy) is 1. The van der Waals surface area contributed by atoms with Crippen LogP contribution < -0.4 is 5.32 Å². The zero-order valence-electron chi connectivity index (χ0n) is 13.8. The second kappa shape index (κ2) is 7.90. The summed E-state index contributed by atoms with van der Waals surface area (Å²) in [5, 5.41) is 5.47. The number of carbonyl (C=O) groups excluding carboxylic acids is 2. The molecule has 25 heavy (non-hydrogen) atoms. The zero-order chi connectivity index (χ0) is 17.6. The summed E-state index contributed by atoms with van der Waals surface area (Å²) in [5.41, 5.74) is 1.88. The number of amides is 1. The summed E-state index contributed by atoms with van der Waals surface area (Å²) in [7, 11) is 0. The van der Waals surface area contributed by atoms with Gasteiger partial charge in [-0.3, -0.25) is 9.78 Å². The Hall–Kier alpha value is -2.73. The fourth-order valence-electron chi connectivity index (χ4n) is 2.52. The lowest BCUT2D eigenvalue weighted by molar-refractivity contribution is -0.124. The minimum Gasteiger partial charge on any atom is -0.452 e. The Kier molecular flexibility index (Phi) is 5.40. The van der Waals surface area contributed by atoms with E-state index in [1.807, 2.05) is 48.7 Å². The number of rotatable bonds is 6. The minimum atomic E-state index is -0.518. The van der Waals surface area contributed by atoms with Crippen LogP contribution in [0, 0.1) is 6.92 Å². The lowest BCUT2D eigenvalue weighted by Crippen LogP contribution is -2.30. The Morgan fingerprint density at radius 1 is 1.20 bits per heavy atom. The first-order chi connectivity index (χ1) is 12.1. The van der Waals surface area contributed by atoms with E-state index in [0.29, 0.717) is 12.1 Å². The number of para-hydroxylation sites is 1. The first-order valence-electron chi connectivity index (χ1n) is 7.96. The molecule has 6 heteroatoms. The van der Waals surface area contributed by atoms with Crippen LogP contribution in [0.5, 0.6) is 0 Å². The maximum absolute atomic E-state index is 12.3. The third-order valence-electron chi connectivity index (χ3n) is 3.67. The quantitative estimate of drug-likeness (QED) is 0.691. The lowest BCUT2D eigenvalue weighted by atomic mass is 10.1. The summed E-state index contributed by atoms with van der Waals surface area (Å²) in [4.78, 5) is 29.8. The van der Waals surface area contributed by atoms with Gasteiger partial charge in [0.05, 0.1) is 11.1 Å². The monoisotopic (exact) mass is 354 g/mol. The van der Waals surface area contributed by atoms with Crippen molar-refractivity contribution in [3.8, 4) is 0 Å². The Balaban J connectivity index is 1.56. The largest absolute Gasteiger partial charge is 0.452 e. The van der Waals surface area contributed by atoms with Crippen LogP contribution in [0.4, 0.5) is 0 Å². The van der Waals surface area contributed by atoms with Gasteiger partial charge < -0.3 is 10.1 Å². The molecule has 0 unspecified atom stereocenters. The van der Waals surface area contributed by atoms with E-state index < -0.39 is 5.97 Å². The topological polar surface area (TPSA) is 68.3 Å². The van der Waals surface area contributed by atoms with Crippen LogP contribution in [0.2, 0.25) is 0 Å². The number of hydrogen-bond acceptors (Lipinski definition) is 5. The fourth-order valence-corrected chi connectivity index (χ4v) is 3.23. The van der Waals surface area contributed by atoms with Gasteiger partial charge in [0.25, 0.3) is 5.91 Å². The van der Waals surface area contributed by atoms with Crippen LogP contribution in [-0.2, 0) is 16.0 Å². The number of hydrogen-bond donors (Lipinski definition) is 1. The van der Waals surface area contributed by atoms with Gasteiger partial charge in [0, 0.05) is 22.5 Å². The maximum atomic E-state index is 12.3. The molecule has 0 radical (unpaired) electrons. The van der Waals surface area contributed by atoms with Gasteiger partial charge in [0.2, 0.25) is 0 Å². The molecular weight excluding hydrogens is 336 g/mol. The number of pyridine rings is 1. The Bertz CT molecular complexity index is 891. The van der Waals surface area contributed by atoms with Crippen LogP contribution in [0.3, 0.4) is 0 Å². The van der Waals surface area contributed by atoms with Crippen molar-refractivity contribution in [1.29, 1.82) is 0 Å². The average molecular weight is 354 g/mol. The van der Waals surface area contributed by atoms with Gasteiger partial charge >= 0.3 is 5.97 Å². The molecule has 1 N–H and O–H groups in total. The lowest BCUT2D eigenvalue weighted by Gasteiger charge is -2.09. The molecule has 5 nitrogen and oxygen atoms in total. The Morgan fingerprint density at radius 3 is 2.84 bits per heavy atom. The van der Waals surface area contributed by atoms with Crippen molar-refractivity contribution in [3.05, 3.63) is 64.0 Å². The molecule has 0 aliphatic rings. The molecule has 0 saturated heterocycles. The van der Waals surface area contributed by atoms with E-state index in [4.69, 9.17) is 4.74 Å². The normalized spacial score (nSPS) is 10.6. The van der Waals surface area contributed by atoms with Crippen LogP contribution in [-0.4, -0.2) is 30.0 Å². The summed E-state index contributed by atoms with van der Waals surface area (Å²) in [6.07, 6.45) is 0.769. The molecule has 3 aromatic rings. The van der Waals surface area contributed by atoms with Crippen LogP contribution in [0.15, 0.2) is 47.8 Å². The fraction of sp³-hybridized carbons (Fsp3) is 0.211. The van der Waals surface area contributed by atoms with Crippen molar-refractivity contribution < 1.29 is 14.3 Å². The highest BCUT2D eigenvalue weighted by atomic mass is 32.1. The number of carbonyl (C=O) groups is 2. The first-order valence-corrected chi connectivity index (χ1v) is 8.84. The van der Waals surface area contributed by atoms with E-state index in [1.165, 1.54) is 4.88 Å². The van der Waals surface area contributed by atoms with E-state index in [2.05, 4.69) is 10.3 Å². The molecule has 0 bridgehead atoms. The molecular formula is C19H18N2O3S. The van der Waals surface area contributed by atoms with E-state index in [-0.39, 0.29) is 12.5 Å². The second-order valence-corrected chi connectivity index (χ2v) is 6.62. The molecule has 0 fully saturated rings. The van der Waals surface area contributed by atoms with Gasteiger partial charge in [-0.1, -0.05) is 24.3 Å². The van der Waals surface area contributed by atoms with Gasteiger partial charge in [-0.05, 0) is 36.9 Å². The van der Waals surface area contributed by atoms with Crippen molar-refractivity contribution >= 4 is 34.1 Å². The number of aryl methyl sites for hydroxylation is 1. The number of esters is 1. The Morgan fingerprint density at radius 2 is 2.04 bits per heavy atom. The van der Waals surface area contributed by atoms with Crippen molar-refractivity contribution in [1.82, 2.24) is 10.3 Å². The number of fused-ring (bicyclic) bond motifs is 1. The molecule has 128 valence electrons. The molecule has 1 aromatic carbocycles. The van der Waals surface area contributed by atoms with Crippen molar-refractivity contribution in [2.75, 3.05) is 13.2 Å². The smallest absolute Gasteiger partial charge is 0.339 e. The number of nitrogens with one attached hydrogen (secondary N) is 1. The summed E-state index contributed by atoms with van der Waals surface area (Å²) in [6.45, 7) is 2.05. The Labute approximate surface area is 149 Å². The number of benzene rings is 1. The third-order valence-corrected chi connectivity index (χ3v) is 4.61. The van der Waals surface area contributed by atoms with E-state index in [1.54, 1.807) is 17.4 Å². The summed E-state index contributed by atoms with van der Waals surface area (Å²) < 4.78 is 5.16. The molecule has 2 heterocycles. The SMILES string of the molecule is Cc1cc(C(=O)OCC(=O)NCCc2cccs2)c2ccccc2n1.